The highest BCUT2D eigenvalue weighted by molar-refractivity contribution is 6.31. The number of rotatable bonds is 4. The monoisotopic (exact) mass is 244 g/mol. The Bertz CT molecular complexity index is 382. The number of halogens is 2. The summed E-state index contributed by atoms with van der Waals surface area (Å²) in [6, 6.07) is 4.67. The van der Waals surface area contributed by atoms with E-state index in [4.69, 9.17) is 11.6 Å². The summed E-state index contributed by atoms with van der Waals surface area (Å²) in [4.78, 5) is 11.3. The normalized spacial score (nSPS) is 10.3. The van der Waals surface area contributed by atoms with Crippen LogP contribution >= 0.6 is 11.6 Å². The highest BCUT2D eigenvalue weighted by Crippen LogP contribution is 2.21. The van der Waals surface area contributed by atoms with Crippen molar-refractivity contribution in [1.82, 2.24) is 5.32 Å². The third-order valence-corrected chi connectivity index (χ3v) is 2.13. The molecular formula is C11H14ClFN2O. The van der Waals surface area contributed by atoms with Gasteiger partial charge in [0, 0.05) is 6.04 Å². The third-order valence-electron chi connectivity index (χ3n) is 1.84. The van der Waals surface area contributed by atoms with E-state index in [1.165, 1.54) is 12.1 Å². The molecule has 1 aromatic carbocycles. The highest BCUT2D eigenvalue weighted by atomic mass is 35.5. The van der Waals surface area contributed by atoms with E-state index in [1.54, 1.807) is 6.07 Å². The first-order valence-corrected chi connectivity index (χ1v) is 5.35. The molecule has 0 unspecified atom stereocenters. The van der Waals surface area contributed by atoms with Gasteiger partial charge >= 0.3 is 0 Å². The van der Waals surface area contributed by atoms with E-state index in [9.17, 15) is 9.18 Å². The largest absolute Gasteiger partial charge is 0.374 e. The molecule has 0 atom stereocenters. The maximum atomic E-state index is 13.4. The van der Waals surface area contributed by atoms with Crippen molar-refractivity contribution in [2.45, 2.75) is 19.9 Å². The fraction of sp³-hybridized carbons (Fsp3) is 0.364. The summed E-state index contributed by atoms with van der Waals surface area (Å²) < 4.78 is 13.4. The van der Waals surface area contributed by atoms with Gasteiger partial charge in [-0.3, -0.25) is 4.79 Å². The first-order valence-electron chi connectivity index (χ1n) is 4.98. The van der Waals surface area contributed by atoms with E-state index in [0.29, 0.717) is 0 Å². The van der Waals surface area contributed by atoms with Crippen LogP contribution in [-0.4, -0.2) is 18.5 Å². The molecule has 0 aliphatic rings. The number of nitrogens with one attached hydrogen (secondary N) is 2. The second-order valence-electron chi connectivity index (χ2n) is 3.68. The molecule has 5 heteroatoms. The maximum absolute atomic E-state index is 13.4. The van der Waals surface area contributed by atoms with E-state index in [-0.39, 0.29) is 29.2 Å². The SMILES string of the molecule is CC(C)NC(=O)CNc1cccc(Cl)c1F. The minimum Gasteiger partial charge on any atom is -0.374 e. The van der Waals surface area contributed by atoms with Crippen LogP contribution in [0.2, 0.25) is 5.02 Å². The molecule has 16 heavy (non-hydrogen) atoms. The number of amides is 1. The molecule has 1 aromatic rings. The van der Waals surface area contributed by atoms with E-state index in [1.807, 2.05) is 13.8 Å². The number of anilines is 1. The van der Waals surface area contributed by atoms with Gasteiger partial charge in [0.25, 0.3) is 0 Å². The average molecular weight is 245 g/mol. The van der Waals surface area contributed by atoms with Crippen LogP contribution in [0.4, 0.5) is 10.1 Å². The summed E-state index contributed by atoms with van der Waals surface area (Å²) in [5, 5.41) is 5.41. The zero-order valence-corrected chi connectivity index (χ0v) is 9.94. The number of hydrogen-bond donors (Lipinski definition) is 2. The Balaban J connectivity index is 2.55. The van der Waals surface area contributed by atoms with E-state index in [2.05, 4.69) is 10.6 Å². The smallest absolute Gasteiger partial charge is 0.239 e. The van der Waals surface area contributed by atoms with Gasteiger partial charge in [-0.15, -0.1) is 0 Å². The van der Waals surface area contributed by atoms with Crippen molar-refractivity contribution in [1.29, 1.82) is 0 Å². The van der Waals surface area contributed by atoms with Crippen molar-refractivity contribution in [3.05, 3.63) is 29.0 Å². The Labute approximate surface area is 99.0 Å². The van der Waals surface area contributed by atoms with Gasteiger partial charge in [-0.1, -0.05) is 17.7 Å². The lowest BCUT2D eigenvalue weighted by Crippen LogP contribution is -2.34. The molecule has 0 radical (unpaired) electrons. The summed E-state index contributed by atoms with van der Waals surface area (Å²) in [5.74, 6) is -0.726. The average Bonchev–Trinajstić information content (AvgIpc) is 2.19. The van der Waals surface area contributed by atoms with Crippen LogP contribution in [0.1, 0.15) is 13.8 Å². The summed E-state index contributed by atoms with van der Waals surface area (Å²) in [6.45, 7) is 3.74. The van der Waals surface area contributed by atoms with Gasteiger partial charge in [-0.05, 0) is 26.0 Å². The molecule has 0 fully saturated rings. The maximum Gasteiger partial charge on any atom is 0.239 e. The Kier molecular flexibility index (Phi) is 4.55. The lowest BCUT2D eigenvalue weighted by Gasteiger charge is -2.10. The molecule has 0 aromatic heterocycles. The van der Waals surface area contributed by atoms with Crippen LogP contribution in [0.25, 0.3) is 0 Å². The first-order chi connectivity index (χ1) is 7.50. The quantitative estimate of drug-likeness (QED) is 0.854. The van der Waals surface area contributed by atoms with Crippen LogP contribution in [0.15, 0.2) is 18.2 Å². The van der Waals surface area contributed by atoms with Crippen LogP contribution in [0.5, 0.6) is 0 Å². The minimum atomic E-state index is -0.540. The van der Waals surface area contributed by atoms with Crippen molar-refractivity contribution in [2.24, 2.45) is 0 Å². The Hall–Kier alpha value is -1.29. The number of benzene rings is 1. The zero-order valence-electron chi connectivity index (χ0n) is 9.18. The van der Waals surface area contributed by atoms with Gasteiger partial charge in [0.1, 0.15) is 0 Å². The lowest BCUT2D eigenvalue weighted by atomic mass is 10.3. The molecule has 1 amide bonds. The topological polar surface area (TPSA) is 41.1 Å². The molecule has 88 valence electrons. The molecule has 0 heterocycles. The standard InChI is InChI=1S/C11H14ClFN2O/c1-7(2)15-10(16)6-14-9-5-3-4-8(12)11(9)13/h3-5,7,14H,6H2,1-2H3,(H,15,16). The van der Waals surface area contributed by atoms with Crippen LogP contribution in [0.3, 0.4) is 0 Å². The van der Waals surface area contributed by atoms with Crippen LogP contribution in [0, 0.1) is 5.82 Å². The summed E-state index contributed by atoms with van der Waals surface area (Å²) >= 11 is 5.60. The van der Waals surface area contributed by atoms with Crippen molar-refractivity contribution in [3.8, 4) is 0 Å². The summed E-state index contributed by atoms with van der Waals surface area (Å²) in [5.41, 5.74) is 0.228. The predicted octanol–water partition coefficient (Wildman–Crippen LogP) is 2.42. The van der Waals surface area contributed by atoms with Crippen molar-refractivity contribution in [2.75, 3.05) is 11.9 Å². The molecule has 0 saturated carbocycles. The van der Waals surface area contributed by atoms with Gasteiger partial charge in [0.05, 0.1) is 17.3 Å². The van der Waals surface area contributed by atoms with Crippen LogP contribution < -0.4 is 10.6 Å². The molecule has 0 spiro atoms. The fourth-order valence-electron chi connectivity index (χ4n) is 1.19. The molecule has 1 rings (SSSR count). The molecule has 0 saturated heterocycles. The van der Waals surface area contributed by atoms with Gasteiger partial charge in [-0.25, -0.2) is 4.39 Å². The second-order valence-corrected chi connectivity index (χ2v) is 4.08. The summed E-state index contributed by atoms with van der Waals surface area (Å²) in [7, 11) is 0. The zero-order chi connectivity index (χ0) is 12.1. The molecule has 3 nitrogen and oxygen atoms in total. The summed E-state index contributed by atoms with van der Waals surface area (Å²) in [6.07, 6.45) is 0. The molecular weight excluding hydrogens is 231 g/mol. The Morgan fingerprint density at radius 1 is 1.50 bits per heavy atom. The number of hydrogen-bond acceptors (Lipinski definition) is 2. The molecule has 0 aliphatic carbocycles. The second kappa shape index (κ2) is 5.70. The van der Waals surface area contributed by atoms with Crippen LogP contribution in [-0.2, 0) is 4.79 Å². The lowest BCUT2D eigenvalue weighted by molar-refractivity contribution is -0.119. The molecule has 2 N–H and O–H groups in total. The van der Waals surface area contributed by atoms with E-state index in [0.717, 1.165) is 0 Å². The highest BCUT2D eigenvalue weighted by Gasteiger charge is 2.07. The van der Waals surface area contributed by atoms with Crippen molar-refractivity contribution >= 4 is 23.2 Å². The first kappa shape index (κ1) is 12.8. The van der Waals surface area contributed by atoms with Gasteiger partial charge < -0.3 is 10.6 Å². The Morgan fingerprint density at radius 2 is 2.19 bits per heavy atom. The number of carbonyl (C=O) groups excluding carboxylic acids is 1. The minimum absolute atomic E-state index is 0.0233. The number of carbonyl (C=O) groups is 1. The van der Waals surface area contributed by atoms with E-state index < -0.39 is 5.82 Å². The third kappa shape index (κ3) is 3.70. The van der Waals surface area contributed by atoms with E-state index >= 15 is 0 Å². The van der Waals surface area contributed by atoms with Crippen molar-refractivity contribution in [3.63, 3.8) is 0 Å². The van der Waals surface area contributed by atoms with Gasteiger partial charge in [0.15, 0.2) is 5.82 Å². The van der Waals surface area contributed by atoms with Gasteiger partial charge in [-0.2, -0.15) is 0 Å². The Morgan fingerprint density at radius 3 is 2.81 bits per heavy atom. The predicted molar refractivity (Wildman–Crippen MR) is 63.2 cm³/mol. The van der Waals surface area contributed by atoms with Gasteiger partial charge in [0.2, 0.25) is 5.91 Å². The molecule has 0 bridgehead atoms. The fourth-order valence-corrected chi connectivity index (χ4v) is 1.36. The van der Waals surface area contributed by atoms with Crippen molar-refractivity contribution < 1.29 is 9.18 Å². The molecule has 0 aliphatic heterocycles.